The Morgan fingerprint density at radius 3 is 2.70 bits per heavy atom. The summed E-state index contributed by atoms with van der Waals surface area (Å²) in [6.07, 6.45) is 1.66. The number of thioether (sulfide) groups is 1. The lowest BCUT2D eigenvalue weighted by molar-refractivity contribution is 0.573. The Morgan fingerprint density at radius 2 is 1.96 bits per heavy atom. The molecule has 0 unspecified atom stereocenters. The van der Waals surface area contributed by atoms with Gasteiger partial charge in [-0.1, -0.05) is 30.0 Å². The summed E-state index contributed by atoms with van der Waals surface area (Å²) >= 11 is 1.51. The van der Waals surface area contributed by atoms with Crippen LogP contribution < -0.4 is 0 Å². The van der Waals surface area contributed by atoms with Crippen molar-refractivity contribution in [2.45, 2.75) is 24.6 Å². The summed E-state index contributed by atoms with van der Waals surface area (Å²) in [4.78, 5) is 8.96. The van der Waals surface area contributed by atoms with Crippen LogP contribution in [0, 0.1) is 25.2 Å². The SMILES string of the molecule is Cc1cc(C)c(C#N)c(SCc2coc(-c3ccccc3)n2)n1. The van der Waals surface area contributed by atoms with Crippen LogP contribution in [0.3, 0.4) is 0 Å². The van der Waals surface area contributed by atoms with Gasteiger partial charge in [0.15, 0.2) is 0 Å². The van der Waals surface area contributed by atoms with E-state index in [9.17, 15) is 5.26 Å². The second-order valence-electron chi connectivity index (χ2n) is 5.17. The third kappa shape index (κ3) is 3.43. The summed E-state index contributed by atoms with van der Waals surface area (Å²) < 4.78 is 5.53. The van der Waals surface area contributed by atoms with Crippen LogP contribution in [0.5, 0.6) is 0 Å². The fourth-order valence-corrected chi connectivity index (χ4v) is 3.25. The molecule has 0 aliphatic rings. The smallest absolute Gasteiger partial charge is 0.226 e. The molecule has 0 amide bonds. The highest BCUT2D eigenvalue weighted by Gasteiger charge is 2.11. The van der Waals surface area contributed by atoms with Gasteiger partial charge < -0.3 is 4.42 Å². The Balaban J connectivity index is 1.78. The van der Waals surface area contributed by atoms with Gasteiger partial charge in [0.2, 0.25) is 5.89 Å². The Kier molecular flexibility index (Phi) is 4.45. The highest BCUT2D eigenvalue weighted by atomic mass is 32.2. The van der Waals surface area contributed by atoms with E-state index in [-0.39, 0.29) is 0 Å². The number of benzene rings is 1. The fourth-order valence-electron chi connectivity index (χ4n) is 2.27. The number of aromatic nitrogens is 2. The zero-order valence-electron chi connectivity index (χ0n) is 12.9. The number of hydrogen-bond donors (Lipinski definition) is 0. The lowest BCUT2D eigenvalue weighted by Gasteiger charge is -2.06. The van der Waals surface area contributed by atoms with Crippen LogP contribution in [0.4, 0.5) is 0 Å². The molecule has 4 nitrogen and oxygen atoms in total. The number of oxazole rings is 1. The average molecular weight is 321 g/mol. The van der Waals surface area contributed by atoms with Crippen LogP contribution in [0.1, 0.15) is 22.5 Å². The lowest BCUT2D eigenvalue weighted by Crippen LogP contribution is -1.94. The quantitative estimate of drug-likeness (QED) is 0.661. The van der Waals surface area contributed by atoms with E-state index in [1.54, 1.807) is 6.26 Å². The maximum absolute atomic E-state index is 9.30. The number of pyridine rings is 1. The van der Waals surface area contributed by atoms with E-state index in [4.69, 9.17) is 4.42 Å². The molecular weight excluding hydrogens is 306 g/mol. The van der Waals surface area contributed by atoms with Crippen LogP contribution in [-0.2, 0) is 5.75 Å². The molecule has 5 heteroatoms. The summed E-state index contributed by atoms with van der Waals surface area (Å²) in [7, 11) is 0. The van der Waals surface area contributed by atoms with Crippen molar-refractivity contribution in [3.8, 4) is 17.5 Å². The third-order valence-corrected chi connectivity index (χ3v) is 4.36. The van der Waals surface area contributed by atoms with Crippen LogP contribution in [0.2, 0.25) is 0 Å². The summed E-state index contributed by atoms with van der Waals surface area (Å²) in [5, 5.41) is 10.0. The molecule has 0 saturated carbocycles. The van der Waals surface area contributed by atoms with E-state index in [0.29, 0.717) is 17.2 Å². The number of hydrogen-bond acceptors (Lipinski definition) is 5. The van der Waals surface area contributed by atoms with Crippen LogP contribution in [0.25, 0.3) is 11.5 Å². The molecule has 2 heterocycles. The van der Waals surface area contributed by atoms with Gasteiger partial charge in [0.25, 0.3) is 0 Å². The van der Waals surface area contributed by atoms with Gasteiger partial charge in [-0.15, -0.1) is 0 Å². The van der Waals surface area contributed by atoms with Gasteiger partial charge in [-0.2, -0.15) is 5.26 Å². The Hall–Kier alpha value is -2.58. The molecule has 2 aromatic heterocycles. The van der Waals surface area contributed by atoms with Crippen molar-refractivity contribution in [2.24, 2.45) is 0 Å². The minimum absolute atomic E-state index is 0.607. The van der Waals surface area contributed by atoms with Crippen LogP contribution in [-0.4, -0.2) is 9.97 Å². The molecule has 0 fully saturated rings. The molecule has 0 aliphatic heterocycles. The van der Waals surface area contributed by atoms with Crippen LogP contribution in [0.15, 0.2) is 52.1 Å². The number of nitrogens with zero attached hydrogens (tertiary/aromatic N) is 3. The Bertz CT molecular complexity index is 866. The van der Waals surface area contributed by atoms with Gasteiger partial charge in [-0.05, 0) is 37.6 Å². The lowest BCUT2D eigenvalue weighted by atomic mass is 10.1. The van der Waals surface area contributed by atoms with Crippen molar-refractivity contribution < 1.29 is 4.42 Å². The standard InChI is InChI=1S/C18H15N3OS/c1-12-8-13(2)20-18(16(12)9-19)23-11-15-10-22-17(21-15)14-6-4-3-5-7-14/h3-8,10H,11H2,1-2H3. The summed E-state index contributed by atoms with van der Waals surface area (Å²) in [5.41, 5.74) is 4.28. The third-order valence-electron chi connectivity index (χ3n) is 3.35. The molecule has 3 rings (SSSR count). The molecule has 0 aliphatic carbocycles. The first kappa shape index (κ1) is 15.3. The van der Waals surface area contributed by atoms with Gasteiger partial charge in [0.1, 0.15) is 17.4 Å². The maximum atomic E-state index is 9.30. The number of nitriles is 1. The topological polar surface area (TPSA) is 62.7 Å². The van der Waals surface area contributed by atoms with E-state index >= 15 is 0 Å². The fraction of sp³-hybridized carbons (Fsp3) is 0.167. The molecule has 0 N–H and O–H groups in total. The molecule has 23 heavy (non-hydrogen) atoms. The van der Waals surface area contributed by atoms with Gasteiger partial charge in [-0.25, -0.2) is 9.97 Å². The highest BCUT2D eigenvalue weighted by molar-refractivity contribution is 7.98. The van der Waals surface area contributed by atoms with Crippen molar-refractivity contribution in [1.82, 2.24) is 9.97 Å². The van der Waals surface area contributed by atoms with Crippen LogP contribution >= 0.6 is 11.8 Å². The maximum Gasteiger partial charge on any atom is 0.226 e. The van der Waals surface area contributed by atoms with E-state index in [1.807, 2.05) is 50.2 Å². The molecular formula is C18H15N3OS. The molecule has 0 radical (unpaired) electrons. The van der Waals surface area contributed by atoms with Crippen molar-refractivity contribution in [2.75, 3.05) is 0 Å². The van der Waals surface area contributed by atoms with Gasteiger partial charge in [-0.3, -0.25) is 0 Å². The van der Waals surface area contributed by atoms with Gasteiger partial charge >= 0.3 is 0 Å². The minimum Gasteiger partial charge on any atom is -0.444 e. The molecule has 0 spiro atoms. The van der Waals surface area contributed by atoms with Crippen molar-refractivity contribution >= 4 is 11.8 Å². The predicted molar refractivity (Wildman–Crippen MR) is 89.9 cm³/mol. The second kappa shape index (κ2) is 6.67. The molecule has 1 aromatic carbocycles. The van der Waals surface area contributed by atoms with Gasteiger partial charge in [0.05, 0.1) is 11.3 Å². The summed E-state index contributed by atoms with van der Waals surface area (Å²) in [5.74, 6) is 1.22. The number of aryl methyl sites for hydroxylation is 2. The van der Waals surface area contributed by atoms with E-state index in [0.717, 1.165) is 27.5 Å². The van der Waals surface area contributed by atoms with E-state index in [2.05, 4.69) is 16.0 Å². The monoisotopic (exact) mass is 321 g/mol. The molecule has 114 valence electrons. The van der Waals surface area contributed by atoms with Crippen molar-refractivity contribution in [1.29, 1.82) is 5.26 Å². The van der Waals surface area contributed by atoms with Gasteiger partial charge in [0, 0.05) is 17.0 Å². The summed E-state index contributed by atoms with van der Waals surface area (Å²) in [6.45, 7) is 3.86. The largest absolute Gasteiger partial charge is 0.444 e. The first-order valence-corrected chi connectivity index (χ1v) is 8.17. The molecule has 0 atom stereocenters. The Morgan fingerprint density at radius 1 is 1.17 bits per heavy atom. The number of rotatable bonds is 4. The zero-order valence-corrected chi connectivity index (χ0v) is 13.7. The van der Waals surface area contributed by atoms with E-state index in [1.165, 1.54) is 11.8 Å². The normalized spacial score (nSPS) is 10.5. The van der Waals surface area contributed by atoms with Crippen molar-refractivity contribution in [3.63, 3.8) is 0 Å². The molecule has 0 saturated heterocycles. The molecule has 3 aromatic rings. The van der Waals surface area contributed by atoms with E-state index < -0.39 is 0 Å². The van der Waals surface area contributed by atoms with Crippen molar-refractivity contribution in [3.05, 3.63) is 65.2 Å². The minimum atomic E-state index is 0.607. The Labute approximate surface area is 139 Å². The average Bonchev–Trinajstić information content (AvgIpc) is 3.02. The first-order chi connectivity index (χ1) is 11.2. The second-order valence-corrected chi connectivity index (χ2v) is 6.14. The predicted octanol–water partition coefficient (Wildman–Crippen LogP) is 4.52. The first-order valence-electron chi connectivity index (χ1n) is 7.18. The summed E-state index contributed by atoms with van der Waals surface area (Å²) in [6, 6.07) is 13.9. The highest BCUT2D eigenvalue weighted by Crippen LogP contribution is 2.27. The molecule has 0 bridgehead atoms. The zero-order chi connectivity index (χ0) is 16.2.